The van der Waals surface area contributed by atoms with E-state index in [-0.39, 0.29) is 12.3 Å². The van der Waals surface area contributed by atoms with Crippen molar-refractivity contribution >= 4 is 16.7 Å². The fourth-order valence-electron chi connectivity index (χ4n) is 1.99. The van der Waals surface area contributed by atoms with E-state index in [4.69, 9.17) is 5.84 Å². The second-order valence-electron chi connectivity index (χ2n) is 5.03. The predicted octanol–water partition coefficient (Wildman–Crippen LogP) is -2.85. The average molecular weight is 347 g/mol. The first-order chi connectivity index (χ1) is 10.8. The molecule has 0 radical (unpaired) electrons. The van der Waals surface area contributed by atoms with Crippen molar-refractivity contribution in [3.63, 3.8) is 0 Å². The smallest absolute Gasteiger partial charge is 0.293 e. The van der Waals surface area contributed by atoms with Gasteiger partial charge in [0.2, 0.25) is 5.91 Å². The molecule has 130 valence electrons. The third-order valence-electron chi connectivity index (χ3n) is 3.32. The maximum Gasteiger partial charge on any atom is 0.336 e. The molecule has 1 aromatic rings. The van der Waals surface area contributed by atoms with Gasteiger partial charge in [0.1, 0.15) is 5.75 Å². The van der Waals surface area contributed by atoms with Crippen LogP contribution in [0.2, 0.25) is 0 Å². The van der Waals surface area contributed by atoms with Crippen molar-refractivity contribution in [2.24, 2.45) is 19.9 Å². The Bertz CT molecular complexity index is 722. The van der Waals surface area contributed by atoms with E-state index in [0.29, 0.717) is 25.0 Å². The summed E-state index contributed by atoms with van der Waals surface area (Å²) < 4.78 is 14.3. The van der Waals surface area contributed by atoms with E-state index in [0.717, 1.165) is 13.7 Å². The molecule has 10 nitrogen and oxygen atoms in total. The van der Waals surface area contributed by atoms with Crippen LogP contribution in [-0.4, -0.2) is 35.3 Å². The van der Waals surface area contributed by atoms with Crippen LogP contribution in [0.25, 0.3) is 0 Å². The van der Waals surface area contributed by atoms with Crippen molar-refractivity contribution in [2.75, 3.05) is 11.5 Å². The van der Waals surface area contributed by atoms with Gasteiger partial charge in [0.05, 0.1) is 0 Å². The molecule has 0 saturated carbocycles. The monoisotopic (exact) mass is 347 g/mol. The number of carbonyl (C=O) groups excluding carboxylic acids is 1. The maximum atomic E-state index is 11.9. The molecule has 1 rings (SSSR count). The quantitative estimate of drug-likeness (QED) is 0.225. The predicted molar refractivity (Wildman–Crippen MR) is 85.2 cm³/mol. The van der Waals surface area contributed by atoms with Crippen molar-refractivity contribution in [1.29, 1.82) is 0 Å². The number of carbonyl (C=O) groups is 1. The van der Waals surface area contributed by atoms with Crippen LogP contribution in [-0.2, 0) is 36.2 Å². The van der Waals surface area contributed by atoms with Crippen LogP contribution in [0.4, 0.5) is 0 Å². The van der Waals surface area contributed by atoms with Gasteiger partial charge in [0.15, 0.2) is 0 Å². The third kappa shape index (κ3) is 4.99. The van der Waals surface area contributed by atoms with Crippen molar-refractivity contribution in [3.8, 4) is 0 Å². The van der Waals surface area contributed by atoms with Crippen LogP contribution >= 0.6 is 0 Å². The third-order valence-corrected chi connectivity index (χ3v) is 4.64. The average Bonchev–Trinajstić information content (AvgIpc) is 2.53. The Morgan fingerprint density at radius 1 is 1.04 bits per heavy atom. The molecular weight excluding hydrogens is 326 g/mol. The largest absolute Gasteiger partial charge is 0.336 e. The molecule has 0 saturated heterocycles. The standard InChI is InChI=1S/C12H21N5O5S/c1-15-10(19)16(2)12(21)17(11(15)20)6-4-3-5-7-23(22)8-9(18)14-13/h3-8,13H2,1-2H3,(H,14,18). The zero-order valence-corrected chi connectivity index (χ0v) is 13.9. The molecule has 1 unspecified atom stereocenters. The first-order valence-electron chi connectivity index (χ1n) is 7.01. The van der Waals surface area contributed by atoms with Crippen LogP contribution in [0.5, 0.6) is 0 Å². The lowest BCUT2D eigenvalue weighted by Gasteiger charge is -2.08. The highest BCUT2D eigenvalue weighted by atomic mass is 32.2. The van der Waals surface area contributed by atoms with E-state index in [9.17, 15) is 23.4 Å². The highest BCUT2D eigenvalue weighted by Gasteiger charge is 2.10. The summed E-state index contributed by atoms with van der Waals surface area (Å²) in [7, 11) is 1.33. The highest BCUT2D eigenvalue weighted by molar-refractivity contribution is 7.85. The van der Waals surface area contributed by atoms with E-state index < -0.39 is 33.8 Å². The lowest BCUT2D eigenvalue weighted by Crippen LogP contribution is -2.52. The summed E-state index contributed by atoms with van der Waals surface area (Å²) in [6.07, 6.45) is 1.74. The van der Waals surface area contributed by atoms with Gasteiger partial charge < -0.3 is 0 Å². The summed E-state index contributed by atoms with van der Waals surface area (Å²) in [6, 6.07) is 0. The minimum absolute atomic E-state index is 0.142. The first kappa shape index (κ1) is 19.0. The van der Waals surface area contributed by atoms with Gasteiger partial charge in [-0.2, -0.15) is 0 Å². The van der Waals surface area contributed by atoms with Crippen molar-refractivity contribution in [1.82, 2.24) is 19.1 Å². The molecule has 1 amide bonds. The fourth-order valence-corrected chi connectivity index (χ4v) is 3.04. The molecule has 0 aliphatic heterocycles. The van der Waals surface area contributed by atoms with Gasteiger partial charge >= 0.3 is 17.1 Å². The highest BCUT2D eigenvalue weighted by Crippen LogP contribution is 1.99. The first-order valence-corrected chi connectivity index (χ1v) is 8.49. The Hall–Kier alpha value is -2.01. The molecule has 0 aliphatic rings. The zero-order valence-electron chi connectivity index (χ0n) is 13.1. The molecule has 1 heterocycles. The molecule has 23 heavy (non-hydrogen) atoms. The fraction of sp³-hybridized carbons (Fsp3) is 0.667. The summed E-state index contributed by atoms with van der Waals surface area (Å²) in [5.74, 6) is 4.62. The van der Waals surface area contributed by atoms with Crippen molar-refractivity contribution in [3.05, 3.63) is 31.5 Å². The van der Waals surface area contributed by atoms with Crippen LogP contribution < -0.4 is 28.3 Å². The second kappa shape index (κ2) is 8.58. The lowest BCUT2D eigenvalue weighted by atomic mass is 10.2. The van der Waals surface area contributed by atoms with Crippen molar-refractivity contribution in [2.45, 2.75) is 25.8 Å². The van der Waals surface area contributed by atoms with Gasteiger partial charge in [-0.1, -0.05) is 6.42 Å². The van der Waals surface area contributed by atoms with E-state index in [1.807, 2.05) is 5.43 Å². The van der Waals surface area contributed by atoms with E-state index >= 15 is 0 Å². The number of amides is 1. The number of nitrogens with zero attached hydrogens (tertiary/aromatic N) is 3. The number of hydrogen-bond acceptors (Lipinski definition) is 6. The molecule has 0 bridgehead atoms. The number of nitrogens with one attached hydrogen (secondary N) is 1. The number of unbranched alkanes of at least 4 members (excludes halogenated alkanes) is 2. The molecule has 11 heteroatoms. The molecule has 0 spiro atoms. The number of rotatable bonds is 8. The minimum Gasteiger partial charge on any atom is -0.293 e. The molecule has 0 fully saturated rings. The van der Waals surface area contributed by atoms with Gasteiger partial charge in [0.25, 0.3) is 0 Å². The zero-order chi connectivity index (χ0) is 17.6. The summed E-state index contributed by atoms with van der Waals surface area (Å²) >= 11 is 0. The molecular formula is C12H21N5O5S. The Labute approximate surface area is 134 Å². The van der Waals surface area contributed by atoms with E-state index in [1.165, 1.54) is 14.1 Å². The van der Waals surface area contributed by atoms with Crippen LogP contribution in [0, 0.1) is 0 Å². The minimum atomic E-state index is -1.29. The SMILES string of the molecule is Cn1c(=O)n(C)c(=O)n(CCCCCS(=O)CC(=O)NN)c1=O. The number of hydrogen-bond donors (Lipinski definition) is 2. The molecule has 3 N–H and O–H groups in total. The van der Waals surface area contributed by atoms with Crippen LogP contribution in [0.3, 0.4) is 0 Å². The summed E-state index contributed by atoms with van der Waals surface area (Å²) in [5.41, 5.74) is -0.0538. The summed E-state index contributed by atoms with van der Waals surface area (Å²) in [4.78, 5) is 46.3. The normalized spacial score (nSPS) is 12.1. The van der Waals surface area contributed by atoms with Gasteiger partial charge in [-0.3, -0.25) is 14.4 Å². The second-order valence-corrected chi connectivity index (χ2v) is 6.61. The number of nitrogens with two attached hydrogens (primary N) is 1. The Balaban J connectivity index is 2.54. The van der Waals surface area contributed by atoms with Gasteiger partial charge in [-0.25, -0.2) is 33.9 Å². The van der Waals surface area contributed by atoms with Crippen LogP contribution in [0.15, 0.2) is 14.4 Å². The topological polar surface area (TPSA) is 138 Å². The van der Waals surface area contributed by atoms with E-state index in [2.05, 4.69) is 0 Å². The Morgan fingerprint density at radius 2 is 1.61 bits per heavy atom. The molecule has 0 aliphatic carbocycles. The Morgan fingerprint density at radius 3 is 2.13 bits per heavy atom. The molecule has 0 aromatic carbocycles. The lowest BCUT2D eigenvalue weighted by molar-refractivity contribution is -0.118. The number of hydrazine groups is 1. The van der Waals surface area contributed by atoms with Gasteiger partial charge in [-0.15, -0.1) is 0 Å². The van der Waals surface area contributed by atoms with Gasteiger partial charge in [-0.05, 0) is 12.8 Å². The number of aromatic nitrogens is 3. The van der Waals surface area contributed by atoms with Crippen LogP contribution in [0.1, 0.15) is 19.3 Å². The molecule has 1 aromatic heterocycles. The van der Waals surface area contributed by atoms with Gasteiger partial charge in [0, 0.05) is 37.2 Å². The molecule has 1 atom stereocenters. The maximum absolute atomic E-state index is 11.9. The van der Waals surface area contributed by atoms with E-state index in [1.54, 1.807) is 0 Å². The summed E-state index contributed by atoms with van der Waals surface area (Å²) in [5, 5.41) is 0. The summed E-state index contributed by atoms with van der Waals surface area (Å²) in [6.45, 7) is 0.176. The van der Waals surface area contributed by atoms with Crippen molar-refractivity contribution < 1.29 is 9.00 Å². The Kier molecular flexibility index (Phi) is 7.10.